The Hall–Kier alpha value is -3.24. The molecule has 35 heavy (non-hydrogen) atoms. The molecule has 0 saturated heterocycles. The molecule has 3 N–H and O–H groups in total. The van der Waals surface area contributed by atoms with E-state index in [4.69, 9.17) is 16.3 Å². The Bertz CT molecular complexity index is 1210. The number of carbonyl (C=O) groups excluding carboxylic acids is 2. The van der Waals surface area contributed by atoms with Gasteiger partial charge in [0.2, 0.25) is 0 Å². The van der Waals surface area contributed by atoms with Crippen molar-refractivity contribution in [1.29, 1.82) is 0 Å². The van der Waals surface area contributed by atoms with Gasteiger partial charge in [0.15, 0.2) is 11.6 Å². The summed E-state index contributed by atoms with van der Waals surface area (Å²) in [6.45, 7) is 0.0417. The fraction of sp³-hybridized carbons (Fsp3) is 0.292. The molecule has 3 aromatic rings. The topological polar surface area (TPSA) is 92.4 Å². The Kier molecular flexibility index (Phi) is 8.14. The number of aromatic nitrogens is 1. The number of ether oxygens (including phenoxy) is 1. The number of benzene rings is 2. The summed E-state index contributed by atoms with van der Waals surface area (Å²) in [5.41, 5.74) is 0.592. The molecule has 7 nitrogen and oxygen atoms in total. The van der Waals surface area contributed by atoms with Gasteiger partial charge in [-0.05, 0) is 43.2 Å². The predicted molar refractivity (Wildman–Crippen MR) is 130 cm³/mol. The lowest BCUT2D eigenvalue weighted by Gasteiger charge is -2.32. The van der Waals surface area contributed by atoms with E-state index in [9.17, 15) is 18.4 Å². The number of rotatable bonds is 7. The summed E-state index contributed by atoms with van der Waals surface area (Å²) in [6, 6.07) is 8.94. The van der Waals surface area contributed by atoms with E-state index in [0.717, 1.165) is 12.8 Å². The number of carbonyl (C=O) groups is 2. The first-order valence-electron chi connectivity index (χ1n) is 11.0. The van der Waals surface area contributed by atoms with E-state index in [1.165, 1.54) is 41.7 Å². The lowest BCUT2D eigenvalue weighted by Crippen LogP contribution is -2.54. The van der Waals surface area contributed by atoms with E-state index in [1.807, 2.05) is 0 Å². The fourth-order valence-corrected chi connectivity index (χ4v) is 4.68. The number of hydrogen-bond donors (Lipinski definition) is 3. The first-order valence-corrected chi connectivity index (χ1v) is 12.3. The Balaban J connectivity index is 1.32. The lowest BCUT2D eigenvalue weighted by atomic mass is 9.90. The van der Waals surface area contributed by atoms with Crippen LogP contribution >= 0.6 is 22.9 Å². The van der Waals surface area contributed by atoms with Crippen molar-refractivity contribution in [2.45, 2.75) is 44.4 Å². The van der Waals surface area contributed by atoms with Gasteiger partial charge in [-0.1, -0.05) is 36.6 Å². The van der Waals surface area contributed by atoms with Gasteiger partial charge in [0, 0.05) is 17.1 Å². The number of amides is 3. The van der Waals surface area contributed by atoms with Gasteiger partial charge >= 0.3 is 6.03 Å². The second-order valence-electron chi connectivity index (χ2n) is 8.04. The van der Waals surface area contributed by atoms with Gasteiger partial charge in [-0.15, -0.1) is 11.3 Å². The number of anilines is 1. The van der Waals surface area contributed by atoms with E-state index >= 15 is 0 Å². The molecule has 1 aliphatic carbocycles. The summed E-state index contributed by atoms with van der Waals surface area (Å²) in [6.07, 6.45) is 3.22. The van der Waals surface area contributed by atoms with Gasteiger partial charge in [-0.2, -0.15) is 0 Å². The Morgan fingerprint density at radius 1 is 1.06 bits per heavy atom. The summed E-state index contributed by atoms with van der Waals surface area (Å²) in [7, 11) is 0. The van der Waals surface area contributed by atoms with Gasteiger partial charge in [-0.3, -0.25) is 4.79 Å². The molecule has 0 bridgehead atoms. The summed E-state index contributed by atoms with van der Waals surface area (Å²) in [5.74, 6) is -1.28. The molecule has 0 radical (unpaired) electrons. The summed E-state index contributed by atoms with van der Waals surface area (Å²) >= 11 is 7.01. The minimum absolute atomic E-state index is 0.0417. The van der Waals surface area contributed by atoms with Gasteiger partial charge in [-0.25, -0.2) is 18.6 Å². The van der Waals surface area contributed by atoms with Crippen molar-refractivity contribution in [3.05, 3.63) is 75.2 Å². The zero-order valence-electron chi connectivity index (χ0n) is 18.5. The third-order valence-electron chi connectivity index (χ3n) is 5.55. The van der Waals surface area contributed by atoms with Crippen LogP contribution in [-0.4, -0.2) is 29.0 Å². The van der Waals surface area contributed by atoms with Crippen LogP contribution in [0.4, 0.5) is 19.3 Å². The molecule has 1 fully saturated rings. The average Bonchev–Trinajstić information content (AvgIpc) is 3.31. The molecular formula is C24H23ClF2N4O3S. The quantitative estimate of drug-likeness (QED) is 0.382. The van der Waals surface area contributed by atoms with Crippen molar-refractivity contribution < 1.29 is 23.1 Å². The second kappa shape index (κ2) is 11.5. The monoisotopic (exact) mass is 520 g/mol. The van der Waals surface area contributed by atoms with Crippen LogP contribution in [0.25, 0.3) is 0 Å². The number of nitrogens with one attached hydrogen (secondary N) is 3. The predicted octanol–water partition coefficient (Wildman–Crippen LogP) is 5.52. The number of halogens is 3. The molecule has 1 heterocycles. The van der Waals surface area contributed by atoms with E-state index < -0.39 is 17.7 Å². The smallest absolute Gasteiger partial charge is 0.319 e. The third kappa shape index (κ3) is 6.67. The molecule has 3 amide bonds. The minimum atomic E-state index is -0.573. The summed E-state index contributed by atoms with van der Waals surface area (Å²) in [4.78, 5) is 29.6. The van der Waals surface area contributed by atoms with Crippen LogP contribution in [0.3, 0.4) is 0 Å². The Morgan fingerprint density at radius 2 is 1.80 bits per heavy atom. The number of urea groups is 1. The van der Waals surface area contributed by atoms with E-state index in [1.54, 1.807) is 17.5 Å². The fourth-order valence-electron chi connectivity index (χ4n) is 3.81. The molecule has 2 aromatic carbocycles. The molecule has 1 aliphatic rings. The lowest BCUT2D eigenvalue weighted by molar-refractivity contribution is 0.0911. The van der Waals surface area contributed by atoms with Gasteiger partial charge in [0.1, 0.15) is 23.1 Å². The average molecular weight is 521 g/mol. The SMILES string of the molecule is O=C(Nc1ccc(F)c(Cl)c1)N[C@H]1CCCC[C@@H]1NC(=O)c1csc(COc2ccccc2F)n1. The van der Waals surface area contributed by atoms with Crippen molar-refractivity contribution in [3.8, 4) is 5.75 Å². The largest absolute Gasteiger partial charge is 0.483 e. The Morgan fingerprint density at radius 3 is 2.54 bits per heavy atom. The first kappa shape index (κ1) is 24.9. The van der Waals surface area contributed by atoms with Crippen molar-refractivity contribution in [1.82, 2.24) is 15.6 Å². The normalized spacial score (nSPS) is 17.5. The van der Waals surface area contributed by atoms with E-state index in [0.29, 0.717) is 23.5 Å². The molecule has 0 aliphatic heterocycles. The number of para-hydroxylation sites is 1. The van der Waals surface area contributed by atoms with E-state index in [-0.39, 0.29) is 41.1 Å². The summed E-state index contributed by atoms with van der Waals surface area (Å²) in [5, 5.41) is 10.5. The zero-order valence-corrected chi connectivity index (χ0v) is 20.1. The van der Waals surface area contributed by atoms with Crippen LogP contribution < -0.4 is 20.7 Å². The molecule has 1 aromatic heterocycles. The molecule has 11 heteroatoms. The molecular weight excluding hydrogens is 498 g/mol. The molecule has 0 spiro atoms. The third-order valence-corrected chi connectivity index (χ3v) is 6.66. The Labute approximate surface area is 209 Å². The first-order chi connectivity index (χ1) is 16.9. The number of nitrogens with zero attached hydrogens (tertiary/aromatic N) is 1. The van der Waals surface area contributed by atoms with Crippen LogP contribution in [-0.2, 0) is 6.61 Å². The molecule has 0 unspecified atom stereocenters. The second-order valence-corrected chi connectivity index (χ2v) is 9.39. The van der Waals surface area contributed by atoms with Crippen molar-refractivity contribution in [2.75, 3.05) is 5.32 Å². The molecule has 184 valence electrons. The van der Waals surface area contributed by atoms with Crippen molar-refractivity contribution in [2.24, 2.45) is 0 Å². The molecule has 2 atom stereocenters. The van der Waals surface area contributed by atoms with Crippen LogP contribution in [0, 0.1) is 11.6 Å². The van der Waals surface area contributed by atoms with Crippen LogP contribution in [0.15, 0.2) is 47.8 Å². The van der Waals surface area contributed by atoms with Crippen molar-refractivity contribution >= 4 is 40.6 Å². The number of thiazole rings is 1. The number of hydrogen-bond acceptors (Lipinski definition) is 5. The van der Waals surface area contributed by atoms with Gasteiger partial charge in [0.05, 0.1) is 11.1 Å². The van der Waals surface area contributed by atoms with Gasteiger partial charge in [0.25, 0.3) is 5.91 Å². The minimum Gasteiger partial charge on any atom is -0.483 e. The van der Waals surface area contributed by atoms with Gasteiger partial charge < -0.3 is 20.7 Å². The highest BCUT2D eigenvalue weighted by Crippen LogP contribution is 2.22. The molecule has 1 saturated carbocycles. The van der Waals surface area contributed by atoms with Crippen LogP contribution in [0.2, 0.25) is 5.02 Å². The van der Waals surface area contributed by atoms with E-state index in [2.05, 4.69) is 20.9 Å². The highest BCUT2D eigenvalue weighted by Gasteiger charge is 2.29. The highest BCUT2D eigenvalue weighted by molar-refractivity contribution is 7.09. The van der Waals surface area contributed by atoms with Crippen molar-refractivity contribution in [3.63, 3.8) is 0 Å². The zero-order chi connectivity index (χ0) is 24.8. The summed E-state index contributed by atoms with van der Waals surface area (Å²) < 4.78 is 32.5. The molecule has 4 rings (SSSR count). The van der Waals surface area contributed by atoms with Crippen LogP contribution in [0.1, 0.15) is 41.2 Å². The maximum Gasteiger partial charge on any atom is 0.319 e. The maximum absolute atomic E-state index is 13.7. The van der Waals surface area contributed by atoms with Crippen LogP contribution in [0.5, 0.6) is 5.75 Å². The highest BCUT2D eigenvalue weighted by atomic mass is 35.5. The standard InChI is InChI=1S/C24H23ClF2N4O3S/c25-15-11-14(9-10-16(15)26)28-24(33)31-19-7-3-2-6-18(19)30-23(32)20-13-35-22(29-20)12-34-21-8-4-1-5-17(21)27/h1,4-5,8-11,13,18-19H,2-3,6-7,12H2,(H,30,32)(H2,28,31,33)/t18-,19-/m0/s1. The maximum atomic E-state index is 13.7.